The number of amides is 1. The minimum absolute atomic E-state index is 0.231. The van der Waals surface area contributed by atoms with Gasteiger partial charge in [-0.2, -0.15) is 0 Å². The van der Waals surface area contributed by atoms with Gasteiger partial charge in [0.05, 0.1) is 11.4 Å². The molecule has 1 heterocycles. The summed E-state index contributed by atoms with van der Waals surface area (Å²) in [5, 5.41) is 3.46. The summed E-state index contributed by atoms with van der Waals surface area (Å²) in [7, 11) is 0. The van der Waals surface area contributed by atoms with Crippen LogP contribution in [0.1, 0.15) is 11.1 Å². The molecule has 4 rings (SSSR count). The number of fused-ring (bicyclic) bond motifs is 1. The number of hydrogen-bond donors (Lipinski definition) is 1. The summed E-state index contributed by atoms with van der Waals surface area (Å²) >= 11 is 9.53. The number of ether oxygens (including phenoxy) is 1. The lowest BCUT2D eigenvalue weighted by Gasteiger charge is -2.06. The predicted octanol–water partition coefficient (Wildman–Crippen LogP) is 6.28. The van der Waals surface area contributed by atoms with Crippen LogP contribution < -0.4 is 10.1 Å². The van der Waals surface area contributed by atoms with Gasteiger partial charge in [0.25, 0.3) is 5.91 Å². The fourth-order valence-corrected chi connectivity index (χ4v) is 3.23. The maximum absolute atomic E-state index is 12.3. The van der Waals surface area contributed by atoms with Crippen LogP contribution in [0.25, 0.3) is 0 Å². The standard InChI is InChI=1S/C21H14BrClN2O2/c1-12-18(23)11-10-17-19(12)25-21(26)20(17)24-14-4-8-16(9-5-14)27-15-6-2-13(22)3-7-15/h2-11H,1H3,(H,24,25,26). The molecule has 0 unspecified atom stereocenters. The van der Waals surface area contributed by atoms with Crippen LogP contribution in [-0.4, -0.2) is 11.6 Å². The SMILES string of the molecule is Cc1c(Cl)ccc2c1NC(=O)C2=Nc1ccc(Oc2ccc(Br)cc2)cc1. The van der Waals surface area contributed by atoms with Crippen LogP contribution in [0.4, 0.5) is 11.4 Å². The summed E-state index contributed by atoms with van der Waals surface area (Å²) < 4.78 is 6.79. The number of nitrogens with zero attached hydrogens (tertiary/aromatic N) is 1. The molecule has 4 nitrogen and oxygen atoms in total. The Kier molecular flexibility index (Phi) is 4.72. The Morgan fingerprint density at radius 1 is 0.963 bits per heavy atom. The average Bonchev–Trinajstić information content (AvgIpc) is 2.98. The molecule has 134 valence electrons. The van der Waals surface area contributed by atoms with Gasteiger partial charge in [-0.05, 0) is 73.2 Å². The number of nitrogens with one attached hydrogen (secondary N) is 1. The zero-order valence-electron chi connectivity index (χ0n) is 14.3. The first-order valence-electron chi connectivity index (χ1n) is 8.24. The quantitative estimate of drug-likeness (QED) is 0.520. The third-order valence-corrected chi connectivity index (χ3v) is 5.17. The Bertz CT molecular complexity index is 1060. The number of rotatable bonds is 3. The van der Waals surface area contributed by atoms with Crippen LogP contribution in [0.5, 0.6) is 11.5 Å². The lowest BCUT2D eigenvalue weighted by atomic mass is 10.1. The van der Waals surface area contributed by atoms with Crippen LogP contribution in [-0.2, 0) is 4.79 Å². The van der Waals surface area contributed by atoms with E-state index in [4.69, 9.17) is 16.3 Å². The van der Waals surface area contributed by atoms with Crippen molar-refractivity contribution in [2.75, 3.05) is 5.32 Å². The van der Waals surface area contributed by atoms with E-state index in [1.54, 1.807) is 6.07 Å². The van der Waals surface area contributed by atoms with Crippen LogP contribution in [0, 0.1) is 6.92 Å². The van der Waals surface area contributed by atoms with Gasteiger partial charge in [-0.3, -0.25) is 4.79 Å². The third-order valence-electron chi connectivity index (χ3n) is 4.23. The number of benzene rings is 3. The zero-order valence-corrected chi connectivity index (χ0v) is 16.6. The highest BCUT2D eigenvalue weighted by molar-refractivity contribution is 9.10. The van der Waals surface area contributed by atoms with Crippen LogP contribution >= 0.6 is 27.5 Å². The Hall–Kier alpha value is -2.63. The van der Waals surface area contributed by atoms with Crippen LogP contribution in [0.3, 0.4) is 0 Å². The van der Waals surface area contributed by atoms with Crippen molar-refractivity contribution in [1.29, 1.82) is 0 Å². The second kappa shape index (κ2) is 7.18. The molecule has 0 fully saturated rings. The van der Waals surface area contributed by atoms with E-state index in [1.807, 2.05) is 61.5 Å². The summed E-state index contributed by atoms with van der Waals surface area (Å²) in [4.78, 5) is 16.8. The number of halogens is 2. The van der Waals surface area contributed by atoms with Gasteiger partial charge in [0.1, 0.15) is 17.2 Å². The summed E-state index contributed by atoms with van der Waals surface area (Å²) in [6, 6.07) is 18.5. The summed E-state index contributed by atoms with van der Waals surface area (Å²) in [5.74, 6) is 1.21. The molecular formula is C21H14BrClN2O2. The molecule has 0 saturated carbocycles. The second-order valence-electron chi connectivity index (χ2n) is 6.06. The molecule has 0 spiro atoms. The first-order valence-corrected chi connectivity index (χ1v) is 9.41. The van der Waals surface area contributed by atoms with E-state index in [-0.39, 0.29) is 5.91 Å². The third kappa shape index (κ3) is 3.61. The van der Waals surface area contributed by atoms with Gasteiger partial charge in [0, 0.05) is 15.1 Å². The van der Waals surface area contributed by atoms with E-state index >= 15 is 0 Å². The van der Waals surface area contributed by atoms with Gasteiger partial charge in [0.15, 0.2) is 0 Å². The molecular weight excluding hydrogens is 428 g/mol. The lowest BCUT2D eigenvalue weighted by Crippen LogP contribution is -2.13. The summed E-state index contributed by atoms with van der Waals surface area (Å²) in [6.07, 6.45) is 0. The fourth-order valence-electron chi connectivity index (χ4n) is 2.81. The fraction of sp³-hybridized carbons (Fsp3) is 0.0476. The molecule has 0 aliphatic carbocycles. The average molecular weight is 442 g/mol. The van der Waals surface area contributed by atoms with Crippen LogP contribution in [0.15, 0.2) is 70.1 Å². The smallest absolute Gasteiger partial charge is 0.275 e. The highest BCUT2D eigenvalue weighted by Crippen LogP contribution is 2.33. The van der Waals surface area contributed by atoms with Crippen molar-refractivity contribution in [3.05, 3.63) is 81.3 Å². The van der Waals surface area contributed by atoms with E-state index in [0.717, 1.165) is 27.0 Å². The Balaban J connectivity index is 1.59. The molecule has 0 radical (unpaired) electrons. The number of anilines is 1. The second-order valence-corrected chi connectivity index (χ2v) is 7.38. The van der Waals surface area contributed by atoms with Gasteiger partial charge in [-0.1, -0.05) is 27.5 Å². The molecule has 1 aliphatic rings. The predicted molar refractivity (Wildman–Crippen MR) is 112 cm³/mol. The minimum Gasteiger partial charge on any atom is -0.457 e. The maximum atomic E-state index is 12.3. The first-order chi connectivity index (χ1) is 13.0. The number of hydrogen-bond acceptors (Lipinski definition) is 3. The summed E-state index contributed by atoms with van der Waals surface area (Å²) in [5.41, 5.74) is 3.37. The first kappa shape index (κ1) is 17.8. The lowest BCUT2D eigenvalue weighted by molar-refractivity contribution is -0.110. The van der Waals surface area contributed by atoms with Crippen molar-refractivity contribution in [2.45, 2.75) is 6.92 Å². The van der Waals surface area contributed by atoms with Gasteiger partial charge in [-0.25, -0.2) is 4.99 Å². The van der Waals surface area contributed by atoms with Crippen molar-refractivity contribution >= 4 is 50.5 Å². The molecule has 27 heavy (non-hydrogen) atoms. The molecule has 1 amide bonds. The molecule has 1 aliphatic heterocycles. The highest BCUT2D eigenvalue weighted by atomic mass is 79.9. The number of carbonyl (C=O) groups excluding carboxylic acids is 1. The topological polar surface area (TPSA) is 50.7 Å². The molecule has 3 aromatic carbocycles. The Morgan fingerprint density at radius 3 is 2.26 bits per heavy atom. The van der Waals surface area contributed by atoms with Crippen molar-refractivity contribution < 1.29 is 9.53 Å². The van der Waals surface area contributed by atoms with Crippen molar-refractivity contribution in [2.24, 2.45) is 4.99 Å². The monoisotopic (exact) mass is 440 g/mol. The maximum Gasteiger partial charge on any atom is 0.275 e. The molecule has 1 N–H and O–H groups in total. The summed E-state index contributed by atoms with van der Waals surface area (Å²) in [6.45, 7) is 1.87. The Labute approximate surface area is 170 Å². The van der Waals surface area contributed by atoms with E-state index in [1.165, 1.54) is 0 Å². The van der Waals surface area contributed by atoms with E-state index in [9.17, 15) is 4.79 Å². The van der Waals surface area contributed by atoms with E-state index < -0.39 is 0 Å². The molecule has 3 aromatic rings. The van der Waals surface area contributed by atoms with E-state index in [0.29, 0.717) is 22.2 Å². The normalized spacial score (nSPS) is 14.2. The zero-order chi connectivity index (χ0) is 19.0. The molecule has 0 atom stereocenters. The molecule has 0 aromatic heterocycles. The van der Waals surface area contributed by atoms with E-state index in [2.05, 4.69) is 26.2 Å². The Morgan fingerprint density at radius 2 is 1.59 bits per heavy atom. The highest BCUT2D eigenvalue weighted by Gasteiger charge is 2.28. The van der Waals surface area contributed by atoms with Crippen LogP contribution in [0.2, 0.25) is 5.02 Å². The minimum atomic E-state index is -0.231. The van der Waals surface area contributed by atoms with Gasteiger partial charge in [-0.15, -0.1) is 0 Å². The molecule has 0 bridgehead atoms. The van der Waals surface area contributed by atoms with Gasteiger partial charge < -0.3 is 10.1 Å². The van der Waals surface area contributed by atoms with Gasteiger partial charge in [0.2, 0.25) is 0 Å². The number of aliphatic imine (C=N–C) groups is 1. The molecule has 6 heteroatoms. The van der Waals surface area contributed by atoms with Crippen molar-refractivity contribution in [1.82, 2.24) is 0 Å². The van der Waals surface area contributed by atoms with Crippen molar-refractivity contribution in [3.8, 4) is 11.5 Å². The van der Waals surface area contributed by atoms with Crippen molar-refractivity contribution in [3.63, 3.8) is 0 Å². The van der Waals surface area contributed by atoms with Gasteiger partial charge >= 0.3 is 0 Å². The number of carbonyl (C=O) groups is 1. The molecule has 0 saturated heterocycles. The largest absolute Gasteiger partial charge is 0.457 e.